The first-order valence-electron chi connectivity index (χ1n) is 8.94. The number of aromatic nitrogens is 1. The number of carbonyl (C=O) groups excluding carboxylic acids is 1. The highest BCUT2D eigenvalue weighted by atomic mass is 19.4. The van der Waals surface area contributed by atoms with Gasteiger partial charge in [0.05, 0.1) is 11.1 Å². The first-order chi connectivity index (χ1) is 12.4. The second kappa shape index (κ2) is 6.45. The smallest absolute Gasteiger partial charge is 0.371 e. The summed E-state index contributed by atoms with van der Waals surface area (Å²) < 4.78 is 38.8. The van der Waals surface area contributed by atoms with Crippen molar-refractivity contribution >= 4 is 22.5 Å². The van der Waals surface area contributed by atoms with Gasteiger partial charge in [0.1, 0.15) is 0 Å². The number of nitrogens with zero attached hydrogens (tertiary/aromatic N) is 3. The monoisotopic (exact) mass is 363 g/mol. The van der Waals surface area contributed by atoms with Crippen molar-refractivity contribution in [2.75, 3.05) is 24.5 Å². The molecule has 0 saturated carbocycles. The summed E-state index contributed by atoms with van der Waals surface area (Å²) in [4.78, 5) is 20.2. The predicted octanol–water partition coefficient (Wildman–Crippen LogP) is 3.84. The molecule has 4 nitrogen and oxygen atoms in total. The number of amides is 1. The molecule has 26 heavy (non-hydrogen) atoms. The number of likely N-dealkylation sites (tertiary alicyclic amines) is 1. The Morgan fingerprint density at radius 2 is 1.85 bits per heavy atom. The molecule has 0 aliphatic carbocycles. The topological polar surface area (TPSA) is 36.4 Å². The van der Waals surface area contributed by atoms with E-state index in [1.54, 1.807) is 6.20 Å². The number of pyridine rings is 1. The van der Waals surface area contributed by atoms with Gasteiger partial charge in [0, 0.05) is 49.4 Å². The van der Waals surface area contributed by atoms with Crippen molar-refractivity contribution < 1.29 is 18.0 Å². The molecule has 2 saturated heterocycles. The molecule has 0 bridgehead atoms. The van der Waals surface area contributed by atoms with Crippen LogP contribution in [0.1, 0.15) is 31.2 Å². The van der Waals surface area contributed by atoms with Crippen LogP contribution in [0.15, 0.2) is 30.5 Å². The van der Waals surface area contributed by atoms with E-state index in [4.69, 9.17) is 0 Å². The van der Waals surface area contributed by atoms with Crippen LogP contribution >= 0.6 is 0 Å². The van der Waals surface area contributed by atoms with E-state index in [-0.39, 0.29) is 11.9 Å². The molecular weight excluding hydrogens is 343 g/mol. The molecule has 2 fully saturated rings. The number of carbonyl (C=O) groups is 1. The lowest BCUT2D eigenvalue weighted by atomic mass is 10.0. The summed E-state index contributed by atoms with van der Waals surface area (Å²) in [5.74, 6) is 0.248. The summed E-state index contributed by atoms with van der Waals surface area (Å²) in [5.41, 5.74) is 0.588. The highest BCUT2D eigenvalue weighted by molar-refractivity contribution is 5.92. The number of piperidine rings is 1. The minimum Gasteiger partial charge on any atom is -0.371 e. The van der Waals surface area contributed by atoms with E-state index in [9.17, 15) is 18.0 Å². The molecule has 4 rings (SSSR count). The minimum absolute atomic E-state index is 0.248. The van der Waals surface area contributed by atoms with Gasteiger partial charge in [-0.15, -0.1) is 0 Å². The van der Waals surface area contributed by atoms with E-state index in [0.717, 1.165) is 62.1 Å². The van der Waals surface area contributed by atoms with Gasteiger partial charge in [0.15, 0.2) is 0 Å². The first kappa shape index (κ1) is 17.1. The molecule has 2 aliphatic heterocycles. The van der Waals surface area contributed by atoms with E-state index in [1.807, 2.05) is 11.0 Å². The van der Waals surface area contributed by atoms with Crippen LogP contribution in [0.25, 0.3) is 10.9 Å². The average molecular weight is 363 g/mol. The van der Waals surface area contributed by atoms with Crippen LogP contribution < -0.4 is 4.90 Å². The van der Waals surface area contributed by atoms with Crippen LogP contribution in [-0.2, 0) is 11.0 Å². The Bertz CT molecular complexity index is 828. The van der Waals surface area contributed by atoms with Gasteiger partial charge in [0.2, 0.25) is 5.91 Å². The van der Waals surface area contributed by atoms with Crippen molar-refractivity contribution in [1.82, 2.24) is 9.88 Å². The Morgan fingerprint density at radius 3 is 2.50 bits per heavy atom. The standard InChI is InChI=1S/C19H20F3N3O/c20-19(21,22)13-3-4-15-16(12-13)23-8-5-17(15)24-10-6-14(7-11-24)25-9-1-2-18(25)26/h3-5,8,12,14H,1-2,6-7,9-11H2. The molecule has 1 amide bonds. The van der Waals surface area contributed by atoms with Gasteiger partial charge in [-0.25, -0.2) is 0 Å². The second-order valence-corrected chi connectivity index (χ2v) is 6.97. The molecule has 0 atom stereocenters. The molecule has 1 aromatic carbocycles. The van der Waals surface area contributed by atoms with E-state index in [2.05, 4.69) is 9.88 Å². The number of benzene rings is 1. The van der Waals surface area contributed by atoms with Crippen molar-refractivity contribution in [3.63, 3.8) is 0 Å². The van der Waals surface area contributed by atoms with E-state index in [0.29, 0.717) is 11.9 Å². The number of alkyl halides is 3. The SMILES string of the molecule is O=C1CCCN1C1CCN(c2ccnc3cc(C(F)(F)F)ccc23)CC1. The zero-order chi connectivity index (χ0) is 18.3. The molecule has 2 aromatic rings. The Kier molecular flexibility index (Phi) is 4.25. The molecular formula is C19H20F3N3O. The fourth-order valence-corrected chi connectivity index (χ4v) is 4.06. The molecule has 2 aliphatic rings. The van der Waals surface area contributed by atoms with Crippen molar-refractivity contribution in [2.45, 2.75) is 37.9 Å². The van der Waals surface area contributed by atoms with Gasteiger partial charge >= 0.3 is 6.18 Å². The normalized spacial score (nSPS) is 19.6. The molecule has 0 radical (unpaired) electrons. The molecule has 0 spiro atoms. The van der Waals surface area contributed by atoms with Crippen molar-refractivity contribution in [3.05, 3.63) is 36.0 Å². The van der Waals surface area contributed by atoms with Gasteiger partial charge in [-0.2, -0.15) is 13.2 Å². The van der Waals surface area contributed by atoms with Crippen LogP contribution in [0.4, 0.5) is 18.9 Å². The molecule has 3 heterocycles. The average Bonchev–Trinajstić information content (AvgIpc) is 3.06. The van der Waals surface area contributed by atoms with Crippen LogP contribution in [0.5, 0.6) is 0 Å². The Morgan fingerprint density at radius 1 is 1.08 bits per heavy atom. The summed E-state index contributed by atoms with van der Waals surface area (Å²) in [6, 6.07) is 5.87. The molecule has 7 heteroatoms. The highest BCUT2D eigenvalue weighted by Crippen LogP contribution is 2.34. The fraction of sp³-hybridized carbons (Fsp3) is 0.474. The third-order valence-electron chi connectivity index (χ3n) is 5.40. The quantitative estimate of drug-likeness (QED) is 0.813. The lowest BCUT2D eigenvalue weighted by Gasteiger charge is -2.38. The van der Waals surface area contributed by atoms with Crippen molar-refractivity contribution in [2.24, 2.45) is 0 Å². The zero-order valence-electron chi connectivity index (χ0n) is 14.3. The largest absolute Gasteiger partial charge is 0.416 e. The van der Waals surface area contributed by atoms with Gasteiger partial charge in [0.25, 0.3) is 0 Å². The molecule has 0 unspecified atom stereocenters. The Balaban J connectivity index is 1.55. The first-order valence-corrected chi connectivity index (χ1v) is 8.94. The fourth-order valence-electron chi connectivity index (χ4n) is 4.06. The number of hydrogen-bond acceptors (Lipinski definition) is 3. The van der Waals surface area contributed by atoms with Crippen LogP contribution in [0.2, 0.25) is 0 Å². The second-order valence-electron chi connectivity index (χ2n) is 6.97. The summed E-state index contributed by atoms with van der Waals surface area (Å²) in [6.07, 6.45) is 0.555. The van der Waals surface area contributed by atoms with Gasteiger partial charge in [-0.05, 0) is 37.5 Å². The number of anilines is 1. The van der Waals surface area contributed by atoms with E-state index in [1.165, 1.54) is 6.07 Å². The number of halogens is 3. The lowest BCUT2D eigenvalue weighted by Crippen LogP contribution is -2.45. The number of hydrogen-bond donors (Lipinski definition) is 0. The van der Waals surface area contributed by atoms with E-state index < -0.39 is 11.7 Å². The minimum atomic E-state index is -4.37. The summed E-state index contributed by atoms with van der Waals surface area (Å²) in [6.45, 7) is 2.42. The van der Waals surface area contributed by atoms with Gasteiger partial charge in [-0.1, -0.05) is 6.07 Å². The van der Waals surface area contributed by atoms with Crippen LogP contribution in [0, 0.1) is 0 Å². The molecule has 138 valence electrons. The van der Waals surface area contributed by atoms with Crippen LogP contribution in [-0.4, -0.2) is 41.5 Å². The molecule has 0 N–H and O–H groups in total. The van der Waals surface area contributed by atoms with Gasteiger partial charge in [-0.3, -0.25) is 9.78 Å². The zero-order valence-corrected chi connectivity index (χ0v) is 14.3. The van der Waals surface area contributed by atoms with Crippen molar-refractivity contribution in [3.8, 4) is 0 Å². The van der Waals surface area contributed by atoms with Crippen LogP contribution in [0.3, 0.4) is 0 Å². The van der Waals surface area contributed by atoms with Gasteiger partial charge < -0.3 is 9.80 Å². The third kappa shape index (κ3) is 3.10. The summed E-state index contributed by atoms with van der Waals surface area (Å²) in [5, 5.41) is 0.733. The maximum atomic E-state index is 12.9. The predicted molar refractivity (Wildman–Crippen MR) is 92.9 cm³/mol. The maximum absolute atomic E-state index is 12.9. The number of rotatable bonds is 2. The third-order valence-corrected chi connectivity index (χ3v) is 5.40. The molecule has 1 aromatic heterocycles. The van der Waals surface area contributed by atoms with Crippen molar-refractivity contribution in [1.29, 1.82) is 0 Å². The summed E-state index contributed by atoms with van der Waals surface area (Å²) in [7, 11) is 0. The summed E-state index contributed by atoms with van der Waals surface area (Å²) >= 11 is 0. The highest BCUT2D eigenvalue weighted by Gasteiger charge is 2.32. The Hall–Kier alpha value is -2.31. The Labute approximate surface area is 149 Å². The van der Waals surface area contributed by atoms with E-state index >= 15 is 0 Å². The number of fused-ring (bicyclic) bond motifs is 1. The lowest BCUT2D eigenvalue weighted by molar-refractivity contribution is -0.137. The maximum Gasteiger partial charge on any atom is 0.416 e.